The summed E-state index contributed by atoms with van der Waals surface area (Å²) in [5.41, 5.74) is 0. The second-order valence-electron chi connectivity index (χ2n) is 3.93. The summed E-state index contributed by atoms with van der Waals surface area (Å²) in [5, 5.41) is 0. The topological polar surface area (TPSA) is 34.1 Å². The molecule has 0 aromatic carbocycles. The quantitative estimate of drug-likeness (QED) is 0.525. The van der Waals surface area contributed by atoms with Crippen LogP contribution in [0.15, 0.2) is 0 Å². The number of hydrogen-bond donors (Lipinski definition) is 0. The van der Waals surface area contributed by atoms with Crippen molar-refractivity contribution in [2.45, 2.75) is 51.6 Å². The molecule has 0 aliphatic rings. The molecular formula is C11H15F5O2. The zero-order valence-corrected chi connectivity index (χ0v) is 10.1. The number of carbonyl (C=O) groups excluding carboxylic acids is 2. The molecule has 0 bridgehead atoms. The second kappa shape index (κ2) is 6.24. The van der Waals surface area contributed by atoms with Crippen LogP contribution >= 0.6 is 0 Å². The highest BCUT2D eigenvalue weighted by Gasteiger charge is 2.57. The smallest absolute Gasteiger partial charge is 0.299 e. The lowest BCUT2D eigenvalue weighted by Gasteiger charge is -2.21. The molecule has 0 heterocycles. The van der Waals surface area contributed by atoms with Gasteiger partial charge in [-0.2, -0.15) is 22.0 Å². The van der Waals surface area contributed by atoms with Crippen LogP contribution in [-0.2, 0) is 9.59 Å². The molecule has 0 unspecified atom stereocenters. The fraction of sp³-hybridized carbons (Fsp3) is 0.818. The van der Waals surface area contributed by atoms with Gasteiger partial charge in [-0.1, -0.05) is 13.8 Å². The van der Waals surface area contributed by atoms with Gasteiger partial charge in [0, 0.05) is 19.3 Å². The maximum atomic E-state index is 12.7. The van der Waals surface area contributed by atoms with E-state index in [1.807, 2.05) is 0 Å². The van der Waals surface area contributed by atoms with Crippen molar-refractivity contribution in [3.63, 3.8) is 0 Å². The van der Waals surface area contributed by atoms with Crippen LogP contribution in [0.4, 0.5) is 22.0 Å². The van der Waals surface area contributed by atoms with E-state index in [1.54, 1.807) is 0 Å². The number of hydrogen-bond acceptors (Lipinski definition) is 2. The Morgan fingerprint density at radius 1 is 0.944 bits per heavy atom. The van der Waals surface area contributed by atoms with Crippen molar-refractivity contribution in [2.75, 3.05) is 0 Å². The van der Waals surface area contributed by atoms with Crippen molar-refractivity contribution in [3.8, 4) is 0 Å². The zero-order valence-electron chi connectivity index (χ0n) is 10.1. The minimum atomic E-state index is -5.65. The molecule has 0 saturated carbocycles. The van der Waals surface area contributed by atoms with Gasteiger partial charge in [-0.3, -0.25) is 9.59 Å². The summed E-state index contributed by atoms with van der Waals surface area (Å²) < 4.78 is 61.1. The molecule has 0 fully saturated rings. The summed E-state index contributed by atoms with van der Waals surface area (Å²) in [6.07, 6.45) is -8.09. The molecule has 18 heavy (non-hydrogen) atoms. The van der Waals surface area contributed by atoms with Gasteiger partial charge in [-0.25, -0.2) is 0 Å². The molecule has 0 aliphatic carbocycles. The van der Waals surface area contributed by atoms with Gasteiger partial charge in [0.15, 0.2) is 0 Å². The molecule has 7 heteroatoms. The predicted octanol–water partition coefficient (Wildman–Crippen LogP) is 3.54. The van der Waals surface area contributed by atoms with E-state index in [2.05, 4.69) is 0 Å². The van der Waals surface area contributed by atoms with Crippen LogP contribution in [0.2, 0.25) is 0 Å². The third-order valence-corrected chi connectivity index (χ3v) is 2.64. The molecule has 106 valence electrons. The van der Waals surface area contributed by atoms with Crippen molar-refractivity contribution in [1.29, 1.82) is 0 Å². The molecule has 0 atom stereocenters. The Morgan fingerprint density at radius 2 is 1.33 bits per heavy atom. The average molecular weight is 274 g/mol. The first-order valence-electron chi connectivity index (χ1n) is 5.56. The lowest BCUT2D eigenvalue weighted by molar-refractivity contribution is -0.285. The Bertz CT molecular complexity index is 293. The van der Waals surface area contributed by atoms with Crippen LogP contribution in [0.5, 0.6) is 0 Å². The number of halogens is 5. The Kier molecular flexibility index (Phi) is 5.89. The highest BCUT2D eigenvalue weighted by molar-refractivity contribution is 6.02. The molecular weight excluding hydrogens is 259 g/mol. The first kappa shape index (κ1) is 17.0. The SMILES string of the molecule is CCC(=O)C(CCC(F)(F)C(F)(F)F)C(=O)CC. The van der Waals surface area contributed by atoms with Gasteiger partial charge in [-0.15, -0.1) is 0 Å². The van der Waals surface area contributed by atoms with Crippen molar-refractivity contribution in [2.24, 2.45) is 5.92 Å². The lowest BCUT2D eigenvalue weighted by atomic mass is 9.89. The van der Waals surface area contributed by atoms with Crippen LogP contribution in [0.25, 0.3) is 0 Å². The van der Waals surface area contributed by atoms with Crippen LogP contribution in [0.3, 0.4) is 0 Å². The van der Waals surface area contributed by atoms with Gasteiger partial charge in [0.25, 0.3) is 0 Å². The Balaban J connectivity index is 4.73. The highest BCUT2D eigenvalue weighted by Crippen LogP contribution is 2.39. The van der Waals surface area contributed by atoms with E-state index >= 15 is 0 Å². The van der Waals surface area contributed by atoms with Gasteiger partial charge in [0.1, 0.15) is 11.6 Å². The van der Waals surface area contributed by atoms with Crippen molar-refractivity contribution >= 4 is 11.6 Å². The molecule has 0 aliphatic heterocycles. The maximum absolute atomic E-state index is 12.7. The largest absolute Gasteiger partial charge is 0.453 e. The minimum Gasteiger partial charge on any atom is -0.299 e. The Hall–Kier alpha value is -1.01. The van der Waals surface area contributed by atoms with Crippen LogP contribution in [0, 0.1) is 5.92 Å². The zero-order chi connectivity index (χ0) is 14.6. The molecule has 2 nitrogen and oxygen atoms in total. The van der Waals surface area contributed by atoms with Crippen molar-refractivity contribution in [3.05, 3.63) is 0 Å². The summed E-state index contributed by atoms with van der Waals surface area (Å²) in [5.74, 6) is -7.42. The van der Waals surface area contributed by atoms with Gasteiger partial charge >= 0.3 is 12.1 Å². The van der Waals surface area contributed by atoms with Crippen LogP contribution in [0.1, 0.15) is 39.5 Å². The van der Waals surface area contributed by atoms with E-state index in [1.165, 1.54) is 13.8 Å². The average Bonchev–Trinajstić information content (AvgIpc) is 2.26. The number of alkyl halides is 5. The molecule has 0 spiro atoms. The molecule has 0 rings (SSSR count). The molecule has 0 aromatic heterocycles. The van der Waals surface area contributed by atoms with Crippen LogP contribution in [-0.4, -0.2) is 23.7 Å². The third kappa shape index (κ3) is 4.34. The molecule has 0 radical (unpaired) electrons. The van der Waals surface area contributed by atoms with Crippen molar-refractivity contribution < 1.29 is 31.5 Å². The normalized spacial score (nSPS) is 12.9. The fourth-order valence-corrected chi connectivity index (χ4v) is 1.46. The molecule has 0 amide bonds. The van der Waals surface area contributed by atoms with E-state index in [0.717, 1.165) is 0 Å². The summed E-state index contributed by atoms with van der Waals surface area (Å²) in [7, 11) is 0. The lowest BCUT2D eigenvalue weighted by Crippen LogP contribution is -2.37. The first-order chi connectivity index (χ1) is 8.06. The maximum Gasteiger partial charge on any atom is 0.453 e. The number of rotatable bonds is 7. The van der Waals surface area contributed by atoms with Gasteiger partial charge in [0.2, 0.25) is 0 Å². The van der Waals surface area contributed by atoms with E-state index in [9.17, 15) is 31.5 Å². The minimum absolute atomic E-state index is 0.0615. The van der Waals surface area contributed by atoms with Gasteiger partial charge in [0.05, 0.1) is 5.92 Å². The van der Waals surface area contributed by atoms with E-state index < -0.39 is 42.4 Å². The summed E-state index contributed by atoms with van der Waals surface area (Å²) in [6, 6.07) is 0. The standard InChI is InChI=1S/C11H15F5O2/c1-3-8(17)7(9(18)4-2)5-6-10(12,13)11(14,15)16/h7H,3-6H2,1-2H3. The van der Waals surface area contributed by atoms with Crippen molar-refractivity contribution in [1.82, 2.24) is 0 Å². The van der Waals surface area contributed by atoms with E-state index in [0.29, 0.717) is 0 Å². The number of ketones is 2. The van der Waals surface area contributed by atoms with Crippen LogP contribution < -0.4 is 0 Å². The Labute approximate surface area is 102 Å². The molecule has 0 N–H and O–H groups in total. The first-order valence-corrected chi connectivity index (χ1v) is 5.56. The van der Waals surface area contributed by atoms with E-state index in [4.69, 9.17) is 0 Å². The Morgan fingerprint density at radius 3 is 1.61 bits per heavy atom. The molecule has 0 saturated heterocycles. The summed E-state index contributed by atoms with van der Waals surface area (Å²) >= 11 is 0. The van der Waals surface area contributed by atoms with Gasteiger partial charge < -0.3 is 0 Å². The predicted molar refractivity (Wildman–Crippen MR) is 54.3 cm³/mol. The third-order valence-electron chi connectivity index (χ3n) is 2.64. The summed E-state index contributed by atoms with van der Waals surface area (Å²) in [6.45, 7) is 2.86. The fourth-order valence-electron chi connectivity index (χ4n) is 1.46. The second-order valence-corrected chi connectivity index (χ2v) is 3.93. The molecule has 0 aromatic rings. The number of carbonyl (C=O) groups is 2. The summed E-state index contributed by atoms with van der Waals surface area (Å²) in [4.78, 5) is 22.7. The highest BCUT2D eigenvalue weighted by atomic mass is 19.4. The number of Topliss-reactive ketones (excluding diaryl/α,β-unsaturated/α-hetero) is 2. The monoisotopic (exact) mass is 274 g/mol. The van der Waals surface area contributed by atoms with Gasteiger partial charge in [-0.05, 0) is 6.42 Å². The van der Waals surface area contributed by atoms with E-state index in [-0.39, 0.29) is 12.8 Å².